The first-order valence-corrected chi connectivity index (χ1v) is 14.6. The summed E-state index contributed by atoms with van der Waals surface area (Å²) in [7, 11) is 0. The van der Waals surface area contributed by atoms with Gasteiger partial charge in [-0.25, -0.2) is 4.79 Å². The van der Waals surface area contributed by atoms with Crippen LogP contribution in [0.4, 0.5) is 4.79 Å². The van der Waals surface area contributed by atoms with E-state index >= 15 is 0 Å². The minimum atomic E-state index is -1.01. The molecular formula is C30H43N3O5S. The summed E-state index contributed by atoms with van der Waals surface area (Å²) < 4.78 is 5.45. The Bertz CT molecular complexity index is 1080. The second-order valence-electron chi connectivity index (χ2n) is 11.1. The van der Waals surface area contributed by atoms with E-state index in [1.165, 1.54) is 12.1 Å². The monoisotopic (exact) mass is 557 g/mol. The van der Waals surface area contributed by atoms with Crippen molar-refractivity contribution in [1.29, 1.82) is 0 Å². The summed E-state index contributed by atoms with van der Waals surface area (Å²) >= 11 is 1.56. The summed E-state index contributed by atoms with van der Waals surface area (Å²) in [6.07, 6.45) is 2.16. The first-order valence-electron chi connectivity index (χ1n) is 13.2. The lowest BCUT2D eigenvalue weighted by Gasteiger charge is -2.44. The third-order valence-electron chi connectivity index (χ3n) is 6.38. The van der Waals surface area contributed by atoms with Gasteiger partial charge in [-0.3, -0.25) is 9.59 Å². The maximum Gasteiger partial charge on any atom is 0.408 e. The Kier molecular flexibility index (Phi) is 11.7. The van der Waals surface area contributed by atoms with Crippen molar-refractivity contribution in [2.45, 2.75) is 84.2 Å². The predicted molar refractivity (Wildman–Crippen MR) is 157 cm³/mol. The molecule has 0 saturated heterocycles. The molecule has 2 aromatic rings. The molecule has 2 atom stereocenters. The molecule has 3 N–H and O–H groups in total. The van der Waals surface area contributed by atoms with Gasteiger partial charge >= 0.3 is 6.09 Å². The molecular weight excluding hydrogens is 514 g/mol. The normalized spacial score (nSPS) is 13.2. The molecule has 3 amide bonds. The van der Waals surface area contributed by atoms with Crippen molar-refractivity contribution >= 4 is 29.7 Å². The van der Waals surface area contributed by atoms with Crippen LogP contribution in [0.3, 0.4) is 0 Å². The van der Waals surface area contributed by atoms with Gasteiger partial charge in [0.15, 0.2) is 0 Å². The first kappa shape index (κ1) is 32.0. The molecule has 0 aliphatic rings. The SMILES string of the molecule is CCC(C)(C)N(C(=O)C(CCSC)NC(=O)OC(C)(C)C)C(C(=O)NCc1ccccc1)c1ccc(O)cc1. The highest BCUT2D eigenvalue weighted by Crippen LogP contribution is 2.33. The number of hydrogen-bond donors (Lipinski definition) is 3. The van der Waals surface area contributed by atoms with Gasteiger partial charge in [0.2, 0.25) is 11.8 Å². The quantitative estimate of drug-likeness (QED) is 0.322. The zero-order chi connectivity index (χ0) is 29.2. The number of phenols is 1. The van der Waals surface area contributed by atoms with Gasteiger partial charge in [0.1, 0.15) is 23.4 Å². The third kappa shape index (κ3) is 9.80. The van der Waals surface area contributed by atoms with E-state index in [1.54, 1.807) is 49.6 Å². The maximum atomic E-state index is 14.3. The smallest absolute Gasteiger partial charge is 0.408 e. The van der Waals surface area contributed by atoms with E-state index < -0.39 is 29.3 Å². The molecule has 0 radical (unpaired) electrons. The van der Waals surface area contributed by atoms with Crippen LogP contribution in [0.2, 0.25) is 0 Å². The van der Waals surface area contributed by atoms with Crippen LogP contribution in [0.1, 0.15) is 71.6 Å². The van der Waals surface area contributed by atoms with Crippen LogP contribution >= 0.6 is 11.8 Å². The molecule has 8 nitrogen and oxygen atoms in total. The Hall–Kier alpha value is -3.20. The van der Waals surface area contributed by atoms with Crippen molar-refractivity contribution in [3.8, 4) is 5.75 Å². The molecule has 39 heavy (non-hydrogen) atoms. The summed E-state index contributed by atoms with van der Waals surface area (Å²) in [5.74, 6) is -0.0642. The predicted octanol–water partition coefficient (Wildman–Crippen LogP) is 5.41. The summed E-state index contributed by atoms with van der Waals surface area (Å²) in [5, 5.41) is 15.7. The Morgan fingerprint density at radius 2 is 1.62 bits per heavy atom. The van der Waals surface area contributed by atoms with Crippen LogP contribution in [-0.4, -0.2) is 57.1 Å². The third-order valence-corrected chi connectivity index (χ3v) is 7.02. The number of ether oxygens (including phenoxy) is 1. The molecule has 0 aliphatic carbocycles. The molecule has 9 heteroatoms. The number of rotatable bonds is 12. The Morgan fingerprint density at radius 3 is 2.15 bits per heavy atom. The molecule has 2 rings (SSSR count). The summed E-state index contributed by atoms with van der Waals surface area (Å²) in [5.41, 5.74) is -0.0101. The standard InChI is InChI=1S/C30H43N3O5S/c1-8-30(5,6)33(27(36)24(18-19-39-7)32-28(37)38-29(2,3)4)25(22-14-16-23(34)17-15-22)26(35)31-20-21-12-10-9-11-13-21/h9-17,24-25,34H,8,18-20H2,1-7H3,(H,31,35)(H,32,37). The van der Waals surface area contributed by atoms with Crippen molar-refractivity contribution in [2.75, 3.05) is 12.0 Å². The minimum Gasteiger partial charge on any atom is -0.508 e. The molecule has 0 aromatic heterocycles. The first-order chi connectivity index (χ1) is 18.3. The molecule has 0 fully saturated rings. The molecule has 2 aromatic carbocycles. The molecule has 0 aliphatic heterocycles. The number of nitrogens with zero attached hydrogens (tertiary/aromatic N) is 1. The van der Waals surface area contributed by atoms with E-state index in [4.69, 9.17) is 4.74 Å². The zero-order valence-electron chi connectivity index (χ0n) is 24.1. The van der Waals surface area contributed by atoms with Gasteiger partial charge < -0.3 is 25.4 Å². The van der Waals surface area contributed by atoms with Crippen molar-refractivity contribution in [2.24, 2.45) is 0 Å². The van der Waals surface area contributed by atoms with E-state index in [9.17, 15) is 19.5 Å². The summed E-state index contributed by atoms with van der Waals surface area (Å²) in [4.78, 5) is 42.5. The number of phenolic OH excluding ortho intramolecular Hbond substituents is 1. The second-order valence-corrected chi connectivity index (χ2v) is 12.0. The van der Waals surface area contributed by atoms with E-state index in [0.717, 1.165) is 5.56 Å². The van der Waals surface area contributed by atoms with Crippen LogP contribution in [0.15, 0.2) is 54.6 Å². The molecule has 2 unspecified atom stereocenters. The van der Waals surface area contributed by atoms with Crippen LogP contribution in [-0.2, 0) is 20.9 Å². The average molecular weight is 558 g/mol. The van der Waals surface area contributed by atoms with E-state index in [2.05, 4.69) is 10.6 Å². The Labute approximate surface area is 236 Å². The number of hydrogen-bond acceptors (Lipinski definition) is 6. The largest absolute Gasteiger partial charge is 0.508 e. The summed E-state index contributed by atoms with van der Waals surface area (Å²) in [6.45, 7) is 11.3. The average Bonchev–Trinajstić information content (AvgIpc) is 2.88. The van der Waals surface area contributed by atoms with Crippen molar-refractivity contribution in [1.82, 2.24) is 15.5 Å². The fourth-order valence-electron chi connectivity index (χ4n) is 4.01. The lowest BCUT2D eigenvalue weighted by Crippen LogP contribution is -2.59. The number of carbonyl (C=O) groups excluding carboxylic acids is 3. The molecule has 214 valence electrons. The van der Waals surface area contributed by atoms with Gasteiger partial charge in [0, 0.05) is 12.1 Å². The van der Waals surface area contributed by atoms with E-state index in [0.29, 0.717) is 24.2 Å². The van der Waals surface area contributed by atoms with Crippen LogP contribution in [0.5, 0.6) is 5.75 Å². The molecule has 0 bridgehead atoms. The Balaban J connectivity index is 2.53. The van der Waals surface area contributed by atoms with Gasteiger partial charge in [0.25, 0.3) is 0 Å². The highest BCUT2D eigenvalue weighted by Gasteiger charge is 2.43. The number of benzene rings is 2. The van der Waals surface area contributed by atoms with Crippen molar-refractivity contribution < 1.29 is 24.2 Å². The number of aromatic hydroxyl groups is 1. The minimum absolute atomic E-state index is 0.0549. The lowest BCUT2D eigenvalue weighted by molar-refractivity contribution is -0.149. The van der Waals surface area contributed by atoms with Gasteiger partial charge in [-0.05, 0) is 82.7 Å². The Morgan fingerprint density at radius 1 is 1.00 bits per heavy atom. The number of carbonyl (C=O) groups is 3. The molecule has 0 saturated carbocycles. The van der Waals surface area contributed by atoms with Gasteiger partial charge in [-0.1, -0.05) is 49.4 Å². The maximum absolute atomic E-state index is 14.3. The van der Waals surface area contributed by atoms with E-state index in [-0.39, 0.29) is 24.1 Å². The summed E-state index contributed by atoms with van der Waals surface area (Å²) in [6, 6.07) is 13.9. The van der Waals surface area contributed by atoms with Crippen LogP contribution in [0.25, 0.3) is 0 Å². The highest BCUT2D eigenvalue weighted by atomic mass is 32.2. The van der Waals surface area contributed by atoms with E-state index in [1.807, 2.05) is 57.4 Å². The fraction of sp³-hybridized carbons (Fsp3) is 0.500. The fourth-order valence-corrected chi connectivity index (χ4v) is 4.48. The van der Waals surface area contributed by atoms with Crippen LogP contribution in [0, 0.1) is 0 Å². The van der Waals surface area contributed by atoms with Gasteiger partial charge in [0.05, 0.1) is 0 Å². The number of nitrogens with one attached hydrogen (secondary N) is 2. The zero-order valence-corrected chi connectivity index (χ0v) is 24.9. The number of alkyl carbamates (subject to hydrolysis) is 1. The second kappa shape index (κ2) is 14.3. The van der Waals surface area contributed by atoms with Crippen LogP contribution < -0.4 is 10.6 Å². The lowest BCUT2D eigenvalue weighted by atomic mass is 9.91. The number of amides is 3. The number of thioether (sulfide) groups is 1. The molecule has 0 heterocycles. The molecule has 0 spiro atoms. The van der Waals surface area contributed by atoms with Gasteiger partial charge in [-0.15, -0.1) is 0 Å². The topological polar surface area (TPSA) is 108 Å². The van der Waals surface area contributed by atoms with Crippen molar-refractivity contribution in [3.63, 3.8) is 0 Å². The highest BCUT2D eigenvalue weighted by molar-refractivity contribution is 7.98. The van der Waals surface area contributed by atoms with Crippen molar-refractivity contribution in [3.05, 3.63) is 65.7 Å². The van der Waals surface area contributed by atoms with Gasteiger partial charge in [-0.2, -0.15) is 11.8 Å².